The summed E-state index contributed by atoms with van der Waals surface area (Å²) in [6.07, 6.45) is 1.99. The third-order valence-corrected chi connectivity index (χ3v) is 2.10. The topological polar surface area (TPSA) is 53.1 Å². The van der Waals surface area contributed by atoms with Crippen LogP contribution in [0, 0.1) is 0 Å². The Bertz CT molecular complexity index is 436. The normalized spacial score (nSPS) is 10.9. The fourth-order valence-corrected chi connectivity index (χ4v) is 1.38. The van der Waals surface area contributed by atoms with Crippen LogP contribution in [-0.2, 0) is 11.3 Å². The van der Waals surface area contributed by atoms with E-state index < -0.39 is 0 Å². The van der Waals surface area contributed by atoms with Gasteiger partial charge in [-0.25, -0.2) is 0 Å². The monoisotopic (exact) mass is 191 g/mol. The molecule has 0 aliphatic carbocycles. The Hall–Kier alpha value is -1.55. The molecule has 0 atom stereocenters. The number of hydrogen-bond acceptors (Lipinski definition) is 3. The second kappa shape index (κ2) is 3.67. The molecule has 74 valence electrons. The van der Waals surface area contributed by atoms with Gasteiger partial charge in [-0.05, 0) is 18.2 Å². The third-order valence-electron chi connectivity index (χ3n) is 2.10. The standard InChI is InChI=1S/C10H13N3O/c1-14-5-4-13-7-8-2-3-9(11)6-10(8)12-13/h2-3,6-7H,4-5,11H2,1H3. The van der Waals surface area contributed by atoms with Gasteiger partial charge in [0.1, 0.15) is 0 Å². The Labute approximate surface area is 82.3 Å². The molecule has 0 amide bonds. The number of anilines is 1. The minimum absolute atomic E-state index is 0.670. The molecule has 2 aromatic rings. The van der Waals surface area contributed by atoms with Gasteiger partial charge in [0, 0.05) is 24.4 Å². The zero-order valence-corrected chi connectivity index (χ0v) is 8.10. The number of hydrogen-bond donors (Lipinski definition) is 1. The van der Waals surface area contributed by atoms with Crippen molar-refractivity contribution in [3.05, 3.63) is 24.4 Å². The van der Waals surface area contributed by atoms with Crippen molar-refractivity contribution >= 4 is 16.6 Å². The lowest BCUT2D eigenvalue weighted by molar-refractivity contribution is 0.184. The lowest BCUT2D eigenvalue weighted by atomic mass is 10.2. The lowest BCUT2D eigenvalue weighted by Crippen LogP contribution is -2.03. The number of fused-ring (bicyclic) bond motifs is 1. The van der Waals surface area contributed by atoms with Gasteiger partial charge in [-0.3, -0.25) is 4.68 Å². The van der Waals surface area contributed by atoms with E-state index in [1.54, 1.807) is 7.11 Å². The highest BCUT2D eigenvalue weighted by Crippen LogP contribution is 2.15. The van der Waals surface area contributed by atoms with Crippen LogP contribution in [0.1, 0.15) is 0 Å². The largest absolute Gasteiger partial charge is 0.399 e. The van der Waals surface area contributed by atoms with Gasteiger partial charge in [0.15, 0.2) is 0 Å². The summed E-state index contributed by atoms with van der Waals surface area (Å²) in [4.78, 5) is 0. The molecule has 0 aliphatic rings. The zero-order valence-electron chi connectivity index (χ0n) is 8.10. The summed E-state index contributed by atoms with van der Waals surface area (Å²) in [5.74, 6) is 0. The Morgan fingerprint density at radius 1 is 1.50 bits per heavy atom. The number of benzene rings is 1. The van der Waals surface area contributed by atoms with Crippen molar-refractivity contribution in [3.63, 3.8) is 0 Å². The maximum Gasteiger partial charge on any atom is 0.0943 e. The number of aromatic nitrogens is 2. The van der Waals surface area contributed by atoms with Gasteiger partial charge in [-0.2, -0.15) is 5.10 Å². The van der Waals surface area contributed by atoms with E-state index in [1.807, 2.05) is 29.1 Å². The van der Waals surface area contributed by atoms with Crippen LogP contribution in [0.4, 0.5) is 5.69 Å². The predicted molar refractivity (Wildman–Crippen MR) is 56.0 cm³/mol. The SMILES string of the molecule is COCCn1cc2ccc(N)cc2n1. The maximum atomic E-state index is 5.66. The molecule has 1 heterocycles. The first kappa shape index (κ1) is 9.02. The Morgan fingerprint density at radius 3 is 3.14 bits per heavy atom. The molecular formula is C10H13N3O. The van der Waals surface area contributed by atoms with Crippen LogP contribution in [0.15, 0.2) is 24.4 Å². The summed E-state index contributed by atoms with van der Waals surface area (Å²) in [5, 5.41) is 5.47. The van der Waals surface area contributed by atoms with E-state index in [0.29, 0.717) is 6.61 Å². The van der Waals surface area contributed by atoms with Gasteiger partial charge in [-0.15, -0.1) is 0 Å². The zero-order chi connectivity index (χ0) is 9.97. The molecule has 0 aliphatic heterocycles. The number of nitrogens with zero attached hydrogens (tertiary/aromatic N) is 2. The van der Waals surface area contributed by atoms with Crippen LogP contribution in [0.2, 0.25) is 0 Å². The quantitative estimate of drug-likeness (QED) is 0.743. The molecule has 0 spiro atoms. The molecule has 0 bridgehead atoms. The Balaban J connectivity index is 2.32. The minimum Gasteiger partial charge on any atom is -0.399 e. The molecule has 0 fully saturated rings. The van der Waals surface area contributed by atoms with E-state index in [9.17, 15) is 0 Å². The minimum atomic E-state index is 0.670. The van der Waals surface area contributed by atoms with E-state index in [4.69, 9.17) is 10.5 Å². The summed E-state index contributed by atoms with van der Waals surface area (Å²) in [7, 11) is 1.68. The molecule has 2 N–H and O–H groups in total. The second-order valence-corrected chi connectivity index (χ2v) is 3.20. The molecule has 1 aromatic carbocycles. The molecule has 14 heavy (non-hydrogen) atoms. The van der Waals surface area contributed by atoms with Gasteiger partial charge < -0.3 is 10.5 Å². The van der Waals surface area contributed by atoms with Gasteiger partial charge in [0.25, 0.3) is 0 Å². The first-order valence-corrected chi connectivity index (χ1v) is 4.51. The third kappa shape index (κ3) is 1.70. The molecule has 0 unspecified atom stereocenters. The van der Waals surface area contributed by atoms with E-state index in [0.717, 1.165) is 23.1 Å². The first-order valence-electron chi connectivity index (χ1n) is 4.51. The van der Waals surface area contributed by atoms with Crippen molar-refractivity contribution in [2.24, 2.45) is 0 Å². The summed E-state index contributed by atoms with van der Waals surface area (Å²) >= 11 is 0. The van der Waals surface area contributed by atoms with Gasteiger partial charge in [-0.1, -0.05) is 0 Å². The average Bonchev–Trinajstić information content (AvgIpc) is 2.56. The highest BCUT2D eigenvalue weighted by molar-refractivity contribution is 5.81. The van der Waals surface area contributed by atoms with Crippen molar-refractivity contribution in [1.82, 2.24) is 9.78 Å². The number of nitrogen functional groups attached to an aromatic ring is 1. The van der Waals surface area contributed by atoms with Crippen molar-refractivity contribution in [1.29, 1.82) is 0 Å². The molecule has 2 rings (SSSR count). The molecular weight excluding hydrogens is 178 g/mol. The number of ether oxygens (including phenoxy) is 1. The van der Waals surface area contributed by atoms with Crippen molar-refractivity contribution in [3.8, 4) is 0 Å². The molecule has 1 aromatic heterocycles. The van der Waals surface area contributed by atoms with Gasteiger partial charge >= 0.3 is 0 Å². The summed E-state index contributed by atoms with van der Waals surface area (Å²) < 4.78 is 6.85. The predicted octanol–water partition coefficient (Wildman–Crippen LogP) is 1.26. The van der Waals surface area contributed by atoms with E-state index >= 15 is 0 Å². The fourth-order valence-electron chi connectivity index (χ4n) is 1.38. The maximum absolute atomic E-state index is 5.66. The molecule has 4 nitrogen and oxygen atoms in total. The number of nitrogens with two attached hydrogens (primary N) is 1. The van der Waals surface area contributed by atoms with Crippen LogP contribution in [0.25, 0.3) is 10.9 Å². The number of methoxy groups -OCH3 is 1. The van der Waals surface area contributed by atoms with Crippen LogP contribution in [0.5, 0.6) is 0 Å². The van der Waals surface area contributed by atoms with Crippen LogP contribution >= 0.6 is 0 Å². The smallest absolute Gasteiger partial charge is 0.0943 e. The van der Waals surface area contributed by atoms with Gasteiger partial charge in [0.05, 0.1) is 18.7 Å². The Morgan fingerprint density at radius 2 is 2.36 bits per heavy atom. The summed E-state index contributed by atoms with van der Waals surface area (Å²) in [6, 6.07) is 5.73. The van der Waals surface area contributed by atoms with E-state index in [1.165, 1.54) is 0 Å². The van der Waals surface area contributed by atoms with Crippen molar-refractivity contribution < 1.29 is 4.74 Å². The number of rotatable bonds is 3. The average molecular weight is 191 g/mol. The first-order chi connectivity index (χ1) is 6.79. The Kier molecular flexibility index (Phi) is 2.37. The molecule has 0 saturated heterocycles. The lowest BCUT2D eigenvalue weighted by Gasteiger charge is -1.97. The molecule has 0 radical (unpaired) electrons. The molecule has 0 saturated carbocycles. The van der Waals surface area contributed by atoms with E-state index in [2.05, 4.69) is 5.10 Å². The van der Waals surface area contributed by atoms with Gasteiger partial charge in [0.2, 0.25) is 0 Å². The van der Waals surface area contributed by atoms with Crippen LogP contribution in [-0.4, -0.2) is 23.5 Å². The summed E-state index contributed by atoms with van der Waals surface area (Å²) in [5.41, 5.74) is 7.34. The van der Waals surface area contributed by atoms with Crippen LogP contribution < -0.4 is 5.73 Å². The fraction of sp³-hybridized carbons (Fsp3) is 0.300. The van der Waals surface area contributed by atoms with Crippen molar-refractivity contribution in [2.75, 3.05) is 19.5 Å². The van der Waals surface area contributed by atoms with Crippen molar-refractivity contribution in [2.45, 2.75) is 6.54 Å². The summed E-state index contributed by atoms with van der Waals surface area (Å²) in [6.45, 7) is 1.44. The highest BCUT2D eigenvalue weighted by atomic mass is 16.5. The highest BCUT2D eigenvalue weighted by Gasteiger charge is 1.99. The van der Waals surface area contributed by atoms with Crippen LogP contribution in [0.3, 0.4) is 0 Å². The second-order valence-electron chi connectivity index (χ2n) is 3.20. The van der Waals surface area contributed by atoms with E-state index in [-0.39, 0.29) is 0 Å². The molecule has 4 heteroatoms.